The van der Waals surface area contributed by atoms with E-state index in [4.69, 9.17) is 9.15 Å². The van der Waals surface area contributed by atoms with E-state index in [0.29, 0.717) is 18.9 Å². The van der Waals surface area contributed by atoms with E-state index in [1.54, 1.807) is 12.1 Å². The van der Waals surface area contributed by atoms with E-state index in [-0.39, 0.29) is 18.0 Å². The average molecular weight is 306 g/mol. The van der Waals surface area contributed by atoms with Crippen molar-refractivity contribution < 1.29 is 23.6 Å². The lowest BCUT2D eigenvalue weighted by atomic mass is 9.95. The minimum Gasteiger partial charge on any atom is -0.403 e. The van der Waals surface area contributed by atoms with Crippen LogP contribution in [0.3, 0.4) is 0 Å². The Morgan fingerprint density at radius 2 is 2.09 bits per heavy atom. The standard InChI is InChI=1S/C17H20FNO3/c1-11-16(10-21-15-4-2-3-14(20)9-15)19-17(22-11)12-5-7-13(18)8-6-12/h5-8,14-15,20H,2-4,9-10H2,1H3/p+1/t14-,15+/m0/s1. The number of hydrogen-bond donors (Lipinski definition) is 1. The fourth-order valence-electron chi connectivity index (χ4n) is 2.81. The number of hydrogen-bond acceptors (Lipinski definition) is 3. The van der Waals surface area contributed by atoms with Gasteiger partial charge >= 0.3 is 5.89 Å². The summed E-state index contributed by atoms with van der Waals surface area (Å²) in [5.41, 5.74) is 1.67. The molecule has 0 radical (unpaired) electrons. The summed E-state index contributed by atoms with van der Waals surface area (Å²) in [6.45, 7) is 2.30. The highest BCUT2D eigenvalue weighted by molar-refractivity contribution is 5.49. The second-order valence-corrected chi connectivity index (χ2v) is 5.85. The number of aliphatic hydroxyl groups excluding tert-OH is 1. The number of H-pyrrole nitrogens is 1. The Kier molecular flexibility index (Phi) is 4.55. The quantitative estimate of drug-likeness (QED) is 0.944. The van der Waals surface area contributed by atoms with Crippen LogP contribution < -0.4 is 4.98 Å². The van der Waals surface area contributed by atoms with Crippen LogP contribution in [0.25, 0.3) is 11.5 Å². The molecule has 1 heterocycles. The van der Waals surface area contributed by atoms with Crippen LogP contribution in [-0.4, -0.2) is 17.3 Å². The molecule has 0 spiro atoms. The van der Waals surface area contributed by atoms with E-state index in [2.05, 4.69) is 4.98 Å². The molecule has 3 rings (SSSR count). The van der Waals surface area contributed by atoms with Crippen LogP contribution in [0.1, 0.15) is 37.1 Å². The van der Waals surface area contributed by atoms with Crippen molar-refractivity contribution >= 4 is 0 Å². The Bertz CT molecular complexity index is 623. The van der Waals surface area contributed by atoms with Crippen molar-refractivity contribution in [3.8, 4) is 11.5 Å². The molecule has 1 saturated carbocycles. The zero-order valence-electron chi connectivity index (χ0n) is 12.6. The second kappa shape index (κ2) is 6.58. The van der Waals surface area contributed by atoms with Crippen molar-refractivity contribution in [1.29, 1.82) is 0 Å². The fraction of sp³-hybridized carbons (Fsp3) is 0.471. The van der Waals surface area contributed by atoms with Crippen molar-refractivity contribution in [1.82, 2.24) is 0 Å². The molecule has 2 N–H and O–H groups in total. The first-order chi connectivity index (χ1) is 10.6. The van der Waals surface area contributed by atoms with Gasteiger partial charge in [0.2, 0.25) is 5.69 Å². The normalized spacial score (nSPS) is 22.0. The lowest BCUT2D eigenvalue weighted by Crippen LogP contribution is -2.26. The lowest BCUT2D eigenvalue weighted by Gasteiger charge is -2.25. The number of ether oxygens (including phenoxy) is 1. The third-order valence-electron chi connectivity index (χ3n) is 4.11. The summed E-state index contributed by atoms with van der Waals surface area (Å²) in [6, 6.07) is 6.15. The predicted octanol–water partition coefficient (Wildman–Crippen LogP) is 3.03. The zero-order chi connectivity index (χ0) is 15.5. The van der Waals surface area contributed by atoms with E-state index in [1.165, 1.54) is 12.1 Å². The summed E-state index contributed by atoms with van der Waals surface area (Å²) in [5, 5.41) is 9.67. The molecule has 5 heteroatoms. The number of aryl methyl sites for hydroxylation is 1. The number of benzene rings is 1. The minimum atomic E-state index is -0.272. The number of aromatic amines is 1. The lowest BCUT2D eigenvalue weighted by molar-refractivity contribution is -0.387. The van der Waals surface area contributed by atoms with Gasteiger partial charge in [-0.05, 0) is 49.9 Å². The third-order valence-corrected chi connectivity index (χ3v) is 4.11. The third kappa shape index (κ3) is 3.54. The molecular weight excluding hydrogens is 285 g/mol. The Morgan fingerprint density at radius 3 is 2.82 bits per heavy atom. The molecule has 2 atom stereocenters. The molecule has 0 bridgehead atoms. The Balaban J connectivity index is 1.66. The number of nitrogens with one attached hydrogen (secondary N) is 1. The fourth-order valence-corrected chi connectivity index (χ4v) is 2.81. The van der Waals surface area contributed by atoms with E-state index < -0.39 is 0 Å². The van der Waals surface area contributed by atoms with Gasteiger partial charge in [-0.15, -0.1) is 0 Å². The Hall–Kier alpha value is -1.72. The number of aromatic nitrogens is 1. The van der Waals surface area contributed by atoms with Gasteiger partial charge in [-0.25, -0.2) is 4.39 Å². The number of halogens is 1. The van der Waals surface area contributed by atoms with E-state index in [1.807, 2.05) is 6.92 Å². The maximum Gasteiger partial charge on any atom is 0.379 e. The van der Waals surface area contributed by atoms with Crippen LogP contribution in [0.4, 0.5) is 4.39 Å². The van der Waals surface area contributed by atoms with Crippen LogP contribution in [0, 0.1) is 12.7 Å². The largest absolute Gasteiger partial charge is 0.403 e. The van der Waals surface area contributed by atoms with Gasteiger partial charge in [0, 0.05) is 6.92 Å². The molecule has 0 unspecified atom stereocenters. The SMILES string of the molecule is Cc1oc(-c2ccc(F)cc2)[nH+]c1CO[C@@H]1CCC[C@H](O)C1. The average Bonchev–Trinajstić information content (AvgIpc) is 2.87. The predicted molar refractivity (Wildman–Crippen MR) is 78.4 cm³/mol. The maximum absolute atomic E-state index is 13.0. The van der Waals surface area contributed by atoms with Gasteiger partial charge < -0.3 is 14.3 Å². The highest BCUT2D eigenvalue weighted by Gasteiger charge is 2.24. The van der Waals surface area contributed by atoms with Crippen molar-refractivity contribution in [2.24, 2.45) is 0 Å². The maximum atomic E-state index is 13.0. The first kappa shape index (κ1) is 15.2. The van der Waals surface area contributed by atoms with Gasteiger partial charge in [-0.2, -0.15) is 4.98 Å². The van der Waals surface area contributed by atoms with E-state index >= 15 is 0 Å². The first-order valence-electron chi connectivity index (χ1n) is 7.69. The van der Waals surface area contributed by atoms with E-state index in [9.17, 15) is 9.50 Å². The zero-order valence-corrected chi connectivity index (χ0v) is 12.6. The number of oxazole rings is 1. The van der Waals surface area contributed by atoms with E-state index in [0.717, 1.165) is 36.3 Å². The van der Waals surface area contributed by atoms with Gasteiger partial charge in [-0.3, -0.25) is 0 Å². The molecule has 1 aliphatic carbocycles. The van der Waals surface area contributed by atoms with Gasteiger partial charge in [-0.1, -0.05) is 0 Å². The van der Waals surface area contributed by atoms with Gasteiger partial charge in [0.15, 0.2) is 5.76 Å². The molecule has 0 aliphatic heterocycles. The first-order valence-corrected chi connectivity index (χ1v) is 7.69. The van der Waals surface area contributed by atoms with Crippen LogP contribution in [0.15, 0.2) is 28.7 Å². The molecule has 118 valence electrons. The molecule has 2 aromatic rings. The molecule has 4 nitrogen and oxygen atoms in total. The van der Waals surface area contributed by atoms with Crippen LogP contribution in [-0.2, 0) is 11.3 Å². The summed E-state index contributed by atoms with van der Waals surface area (Å²) in [7, 11) is 0. The highest BCUT2D eigenvalue weighted by Crippen LogP contribution is 2.23. The van der Waals surface area contributed by atoms with Crippen LogP contribution in [0.2, 0.25) is 0 Å². The molecule has 0 amide bonds. The minimum absolute atomic E-state index is 0.0979. The molecule has 0 saturated heterocycles. The molecule has 1 aliphatic rings. The molecule has 22 heavy (non-hydrogen) atoms. The topological polar surface area (TPSA) is 56.7 Å². The summed E-state index contributed by atoms with van der Waals surface area (Å²) in [6.07, 6.45) is 3.40. The monoisotopic (exact) mass is 306 g/mol. The molecule has 1 fully saturated rings. The Labute approximate surface area is 128 Å². The van der Waals surface area contributed by atoms with Crippen LogP contribution in [0.5, 0.6) is 0 Å². The molecular formula is C17H21FNO3+. The summed E-state index contributed by atoms with van der Waals surface area (Å²) in [5.74, 6) is 1.09. The molecule has 1 aromatic heterocycles. The van der Waals surface area contributed by atoms with Crippen molar-refractivity contribution in [3.63, 3.8) is 0 Å². The summed E-state index contributed by atoms with van der Waals surface area (Å²) in [4.78, 5) is 3.19. The summed E-state index contributed by atoms with van der Waals surface area (Å²) < 4.78 is 24.5. The highest BCUT2D eigenvalue weighted by atomic mass is 19.1. The number of rotatable bonds is 4. The second-order valence-electron chi connectivity index (χ2n) is 5.85. The van der Waals surface area contributed by atoms with Crippen LogP contribution >= 0.6 is 0 Å². The number of aliphatic hydroxyl groups is 1. The van der Waals surface area contributed by atoms with Gasteiger partial charge in [0.25, 0.3) is 0 Å². The summed E-state index contributed by atoms with van der Waals surface area (Å²) >= 11 is 0. The van der Waals surface area contributed by atoms with Crippen molar-refractivity contribution in [2.45, 2.75) is 51.4 Å². The smallest absolute Gasteiger partial charge is 0.379 e. The Morgan fingerprint density at radius 1 is 1.32 bits per heavy atom. The molecule has 1 aromatic carbocycles. The van der Waals surface area contributed by atoms with Gasteiger partial charge in [0.1, 0.15) is 12.4 Å². The van der Waals surface area contributed by atoms with Crippen molar-refractivity contribution in [3.05, 3.63) is 41.5 Å². The van der Waals surface area contributed by atoms with Crippen molar-refractivity contribution in [2.75, 3.05) is 0 Å². The van der Waals surface area contributed by atoms with Gasteiger partial charge in [0.05, 0.1) is 17.8 Å².